The number of likely N-dealkylation sites (tertiary alicyclic amines) is 1. The Balaban J connectivity index is 1.49. The number of hydrogen-bond acceptors (Lipinski definition) is 7. The van der Waals surface area contributed by atoms with Gasteiger partial charge in [0.25, 0.3) is 5.91 Å². The lowest BCUT2D eigenvalue weighted by Crippen LogP contribution is -2.50. The molecule has 0 aliphatic carbocycles. The second kappa shape index (κ2) is 10.0. The highest BCUT2D eigenvalue weighted by Crippen LogP contribution is 2.31. The van der Waals surface area contributed by atoms with Crippen molar-refractivity contribution >= 4 is 39.9 Å². The van der Waals surface area contributed by atoms with Gasteiger partial charge in [0.1, 0.15) is 15.7 Å². The van der Waals surface area contributed by atoms with Gasteiger partial charge in [0, 0.05) is 31.7 Å². The number of hydrogen-bond donors (Lipinski definition) is 1. The highest BCUT2D eigenvalue weighted by molar-refractivity contribution is 7.17. The van der Waals surface area contributed by atoms with Crippen LogP contribution in [0, 0.1) is 5.92 Å². The molecule has 4 aromatic heterocycles. The van der Waals surface area contributed by atoms with E-state index < -0.39 is 0 Å². The van der Waals surface area contributed by atoms with E-state index in [1.54, 1.807) is 6.20 Å². The van der Waals surface area contributed by atoms with Crippen LogP contribution in [0.3, 0.4) is 0 Å². The largest absolute Gasteiger partial charge is 0.346 e. The number of nitrogens with one attached hydrogen (secondary N) is 1. The van der Waals surface area contributed by atoms with E-state index in [0.717, 1.165) is 54.2 Å². The SMILES string of the molecule is CC(C)Cc1nc2cnc(-c3ccccn3)cc2n1[C@H]1C[C@@H](NC(=O)c2ncc(Cl)s2)CN(C)C1. The highest BCUT2D eigenvalue weighted by Gasteiger charge is 2.31. The Kier molecular flexibility index (Phi) is 6.82. The molecule has 182 valence electrons. The molecule has 1 fully saturated rings. The highest BCUT2D eigenvalue weighted by atomic mass is 35.5. The van der Waals surface area contributed by atoms with Gasteiger partial charge in [0.15, 0.2) is 5.01 Å². The Morgan fingerprint density at radius 3 is 2.77 bits per heavy atom. The maximum absolute atomic E-state index is 12.8. The number of thiazole rings is 1. The van der Waals surface area contributed by atoms with Gasteiger partial charge in [0.2, 0.25) is 0 Å². The Hall–Kier alpha value is -2.88. The maximum atomic E-state index is 12.8. The van der Waals surface area contributed by atoms with Crippen LogP contribution in [0.1, 0.15) is 41.9 Å². The fraction of sp³-hybridized carbons (Fsp3) is 0.400. The van der Waals surface area contributed by atoms with Crippen LogP contribution in [-0.4, -0.2) is 61.5 Å². The Morgan fingerprint density at radius 2 is 2.06 bits per heavy atom. The van der Waals surface area contributed by atoms with E-state index in [1.807, 2.05) is 24.4 Å². The van der Waals surface area contributed by atoms with Gasteiger partial charge in [-0.05, 0) is 37.6 Å². The summed E-state index contributed by atoms with van der Waals surface area (Å²) in [7, 11) is 2.09. The standard InChI is InChI=1S/C25H28ClN7OS/c1-15(2)8-23-31-20-11-28-19(18-6-4-5-7-27-18)10-21(20)33(23)17-9-16(13-32(3)14-17)30-24(34)25-29-12-22(26)35-25/h4-7,10-12,15-17H,8-9,13-14H2,1-3H3,(H,30,34)/t16-,17+/m1/s1. The molecular formula is C25H28ClN7OS. The van der Waals surface area contributed by atoms with Gasteiger partial charge in [-0.15, -0.1) is 0 Å². The van der Waals surface area contributed by atoms with Crippen molar-refractivity contribution in [3.63, 3.8) is 0 Å². The summed E-state index contributed by atoms with van der Waals surface area (Å²) >= 11 is 7.18. The van der Waals surface area contributed by atoms with E-state index in [2.05, 4.69) is 56.7 Å². The average molecular weight is 510 g/mol. The molecule has 0 saturated carbocycles. The number of nitrogens with zero attached hydrogens (tertiary/aromatic N) is 6. The van der Waals surface area contributed by atoms with E-state index in [9.17, 15) is 4.79 Å². The predicted octanol–water partition coefficient (Wildman–Crippen LogP) is 4.48. The Morgan fingerprint density at radius 1 is 1.20 bits per heavy atom. The number of fused-ring (bicyclic) bond motifs is 1. The van der Waals surface area contributed by atoms with Crippen molar-refractivity contribution in [2.24, 2.45) is 5.92 Å². The molecule has 5 rings (SSSR count). The van der Waals surface area contributed by atoms with Crippen molar-refractivity contribution in [3.05, 3.63) is 58.0 Å². The lowest BCUT2D eigenvalue weighted by atomic mass is 10.00. The topological polar surface area (TPSA) is 88.8 Å². The molecule has 0 bridgehead atoms. The van der Waals surface area contributed by atoms with Gasteiger partial charge in [-0.3, -0.25) is 14.8 Å². The summed E-state index contributed by atoms with van der Waals surface area (Å²) in [6, 6.07) is 8.06. The first-order chi connectivity index (χ1) is 16.9. The summed E-state index contributed by atoms with van der Waals surface area (Å²) in [5.41, 5.74) is 3.59. The summed E-state index contributed by atoms with van der Waals surface area (Å²) in [6.07, 6.45) is 6.80. The van der Waals surface area contributed by atoms with E-state index in [-0.39, 0.29) is 18.0 Å². The third-order valence-corrected chi connectivity index (χ3v) is 7.26. The quantitative estimate of drug-likeness (QED) is 0.412. The number of amides is 1. The number of piperidine rings is 1. The van der Waals surface area contributed by atoms with Crippen LogP contribution in [0.15, 0.2) is 42.9 Å². The van der Waals surface area contributed by atoms with Gasteiger partial charge in [-0.2, -0.15) is 0 Å². The molecule has 1 aliphatic heterocycles. The molecule has 1 N–H and O–H groups in total. The Bertz CT molecular complexity index is 1340. The van der Waals surface area contributed by atoms with Gasteiger partial charge < -0.3 is 14.8 Å². The maximum Gasteiger partial charge on any atom is 0.280 e. The summed E-state index contributed by atoms with van der Waals surface area (Å²) in [5, 5.41) is 3.56. The van der Waals surface area contributed by atoms with Crippen molar-refractivity contribution in [3.8, 4) is 11.4 Å². The van der Waals surface area contributed by atoms with Crippen molar-refractivity contribution in [1.29, 1.82) is 0 Å². The van der Waals surface area contributed by atoms with E-state index in [0.29, 0.717) is 15.3 Å². The summed E-state index contributed by atoms with van der Waals surface area (Å²) in [4.78, 5) is 33.3. The predicted molar refractivity (Wildman–Crippen MR) is 139 cm³/mol. The minimum atomic E-state index is -0.180. The molecule has 5 heterocycles. The summed E-state index contributed by atoms with van der Waals surface area (Å²) in [6.45, 7) is 6.05. The smallest absolute Gasteiger partial charge is 0.280 e. The molecule has 0 unspecified atom stereocenters. The fourth-order valence-corrected chi connectivity index (χ4v) is 5.62. The lowest BCUT2D eigenvalue weighted by Gasteiger charge is -2.37. The average Bonchev–Trinajstić information content (AvgIpc) is 3.41. The number of carbonyl (C=O) groups excluding carboxylic acids is 1. The second-order valence-corrected chi connectivity index (χ2v) is 11.2. The minimum Gasteiger partial charge on any atom is -0.346 e. The van der Waals surface area contributed by atoms with E-state index >= 15 is 0 Å². The van der Waals surface area contributed by atoms with Crippen LogP contribution in [-0.2, 0) is 6.42 Å². The normalized spacial score (nSPS) is 18.9. The third kappa shape index (κ3) is 5.22. The molecule has 0 spiro atoms. The summed E-state index contributed by atoms with van der Waals surface area (Å²) < 4.78 is 2.87. The zero-order valence-electron chi connectivity index (χ0n) is 20.0. The number of imidazole rings is 1. The minimum absolute atomic E-state index is 0.0182. The first kappa shape index (κ1) is 23.8. The first-order valence-electron chi connectivity index (χ1n) is 11.8. The van der Waals surface area contributed by atoms with Gasteiger partial charge >= 0.3 is 0 Å². The number of likely N-dealkylation sites (N-methyl/N-ethyl adjacent to an activating group) is 1. The van der Waals surface area contributed by atoms with Crippen LogP contribution < -0.4 is 5.32 Å². The van der Waals surface area contributed by atoms with Gasteiger partial charge in [-0.25, -0.2) is 9.97 Å². The van der Waals surface area contributed by atoms with Crippen molar-refractivity contribution in [2.75, 3.05) is 20.1 Å². The zero-order valence-corrected chi connectivity index (χ0v) is 21.6. The number of carbonyl (C=O) groups is 1. The van der Waals surface area contributed by atoms with Crippen LogP contribution >= 0.6 is 22.9 Å². The van der Waals surface area contributed by atoms with Crippen LogP contribution in [0.5, 0.6) is 0 Å². The lowest BCUT2D eigenvalue weighted by molar-refractivity contribution is 0.0892. The number of rotatable bonds is 6. The van der Waals surface area contributed by atoms with Crippen molar-refractivity contribution in [2.45, 2.75) is 38.8 Å². The number of aromatic nitrogens is 5. The molecule has 2 atom stereocenters. The molecule has 4 aromatic rings. The first-order valence-corrected chi connectivity index (χ1v) is 13.0. The van der Waals surface area contributed by atoms with Crippen molar-refractivity contribution < 1.29 is 4.79 Å². The van der Waals surface area contributed by atoms with Crippen molar-refractivity contribution in [1.82, 2.24) is 34.7 Å². The molecule has 1 amide bonds. The molecule has 0 radical (unpaired) electrons. The molecule has 1 saturated heterocycles. The summed E-state index contributed by atoms with van der Waals surface area (Å²) in [5.74, 6) is 1.33. The van der Waals surface area contributed by atoms with Crippen LogP contribution in [0.4, 0.5) is 0 Å². The molecule has 0 aromatic carbocycles. The van der Waals surface area contributed by atoms with Gasteiger partial charge in [0.05, 0.1) is 35.3 Å². The Labute approximate surface area is 213 Å². The van der Waals surface area contributed by atoms with Crippen LogP contribution in [0.2, 0.25) is 4.34 Å². The third-order valence-electron chi connectivity index (χ3n) is 6.15. The second-order valence-electron chi connectivity index (χ2n) is 9.52. The zero-order chi connectivity index (χ0) is 24.5. The van der Waals surface area contributed by atoms with Crippen LogP contribution in [0.25, 0.3) is 22.4 Å². The molecule has 8 nitrogen and oxygen atoms in total. The molecular weight excluding hydrogens is 482 g/mol. The van der Waals surface area contributed by atoms with Gasteiger partial charge in [-0.1, -0.05) is 42.9 Å². The van der Waals surface area contributed by atoms with E-state index in [1.165, 1.54) is 17.5 Å². The molecule has 1 aliphatic rings. The fourth-order valence-electron chi connectivity index (χ4n) is 4.81. The number of halogens is 1. The van der Waals surface area contributed by atoms with E-state index in [4.69, 9.17) is 16.6 Å². The number of pyridine rings is 2. The molecule has 10 heteroatoms. The molecule has 35 heavy (non-hydrogen) atoms. The monoisotopic (exact) mass is 509 g/mol.